The van der Waals surface area contributed by atoms with Gasteiger partial charge in [-0.15, -0.1) is 0 Å². The molecule has 0 amide bonds. The van der Waals surface area contributed by atoms with Crippen LogP contribution in [-0.2, 0) is 17.9 Å². The van der Waals surface area contributed by atoms with E-state index < -0.39 is 0 Å². The van der Waals surface area contributed by atoms with Crippen molar-refractivity contribution in [2.45, 2.75) is 27.0 Å². The molecule has 0 aliphatic heterocycles. The smallest absolute Gasteiger partial charge is 0.339 e. The maximum atomic E-state index is 11.8. The highest BCUT2D eigenvalue weighted by atomic mass is 79.9. The fourth-order valence-corrected chi connectivity index (χ4v) is 3.63. The lowest BCUT2D eigenvalue weighted by Gasteiger charge is -2.25. The Balaban J connectivity index is 1.83. The van der Waals surface area contributed by atoms with Gasteiger partial charge in [0.25, 0.3) is 0 Å². The number of rotatable bonds is 8. The quantitative estimate of drug-likeness (QED) is 0.406. The molecule has 0 spiro atoms. The van der Waals surface area contributed by atoms with Gasteiger partial charge in [0, 0.05) is 29.3 Å². The van der Waals surface area contributed by atoms with E-state index in [4.69, 9.17) is 9.47 Å². The molecular formula is C24H25BrN2O3. The van der Waals surface area contributed by atoms with Gasteiger partial charge in [-0.2, -0.15) is 0 Å². The molecule has 1 aromatic heterocycles. The molecule has 0 N–H and O–H groups in total. The number of ether oxygens (including phenoxy) is 2. The van der Waals surface area contributed by atoms with Gasteiger partial charge in [0.05, 0.1) is 12.7 Å². The average Bonchev–Trinajstić information content (AvgIpc) is 2.77. The standard InChI is InChI=1S/C24H25BrN2O3/c1-4-27(23-17(2)12-19(14-26-23)24(28)29-3)15-20-13-21(25)10-11-22(20)30-16-18-8-6-5-7-9-18/h5-14H,4,15-16H2,1-3H3. The van der Waals surface area contributed by atoms with E-state index >= 15 is 0 Å². The summed E-state index contributed by atoms with van der Waals surface area (Å²) in [7, 11) is 1.37. The van der Waals surface area contributed by atoms with Gasteiger partial charge in [0.2, 0.25) is 0 Å². The van der Waals surface area contributed by atoms with Crippen molar-refractivity contribution in [2.75, 3.05) is 18.6 Å². The average molecular weight is 469 g/mol. The van der Waals surface area contributed by atoms with Gasteiger partial charge in [-0.1, -0.05) is 46.3 Å². The number of aryl methyl sites for hydroxylation is 1. The van der Waals surface area contributed by atoms with E-state index in [-0.39, 0.29) is 5.97 Å². The first kappa shape index (κ1) is 21.8. The fourth-order valence-electron chi connectivity index (χ4n) is 3.22. The number of carbonyl (C=O) groups is 1. The second-order valence-corrected chi connectivity index (χ2v) is 7.81. The minimum absolute atomic E-state index is 0.385. The number of carbonyl (C=O) groups excluding carboxylic acids is 1. The van der Waals surface area contributed by atoms with Crippen molar-refractivity contribution in [3.8, 4) is 5.75 Å². The second kappa shape index (κ2) is 10.3. The normalized spacial score (nSPS) is 10.5. The zero-order chi connectivity index (χ0) is 21.5. The lowest BCUT2D eigenvalue weighted by atomic mass is 10.1. The van der Waals surface area contributed by atoms with Crippen molar-refractivity contribution in [3.63, 3.8) is 0 Å². The van der Waals surface area contributed by atoms with Gasteiger partial charge >= 0.3 is 5.97 Å². The molecule has 1 heterocycles. The molecule has 156 valence electrons. The molecule has 0 radical (unpaired) electrons. The van der Waals surface area contributed by atoms with Crippen LogP contribution in [0.2, 0.25) is 0 Å². The Kier molecular flexibility index (Phi) is 7.46. The monoisotopic (exact) mass is 468 g/mol. The molecule has 0 bridgehead atoms. The van der Waals surface area contributed by atoms with E-state index in [1.54, 1.807) is 6.20 Å². The largest absolute Gasteiger partial charge is 0.489 e. The summed E-state index contributed by atoms with van der Waals surface area (Å²) in [6, 6.07) is 17.9. The third-order valence-corrected chi connectivity index (χ3v) is 5.27. The van der Waals surface area contributed by atoms with Crippen molar-refractivity contribution < 1.29 is 14.3 Å². The van der Waals surface area contributed by atoms with E-state index in [2.05, 4.69) is 38.8 Å². The van der Waals surface area contributed by atoms with Gasteiger partial charge < -0.3 is 14.4 Å². The number of hydrogen-bond donors (Lipinski definition) is 0. The molecular weight excluding hydrogens is 444 g/mol. The molecule has 0 fully saturated rings. The fraction of sp³-hybridized carbons (Fsp3) is 0.250. The van der Waals surface area contributed by atoms with Crippen LogP contribution in [0.3, 0.4) is 0 Å². The highest BCUT2D eigenvalue weighted by Crippen LogP contribution is 2.28. The van der Waals surface area contributed by atoms with Crippen LogP contribution in [0.5, 0.6) is 5.75 Å². The van der Waals surface area contributed by atoms with Crippen LogP contribution in [0.25, 0.3) is 0 Å². The Morgan fingerprint density at radius 3 is 2.57 bits per heavy atom. The van der Waals surface area contributed by atoms with Crippen molar-refractivity contribution in [1.29, 1.82) is 0 Å². The number of halogens is 1. The molecule has 0 aliphatic carbocycles. The Hall–Kier alpha value is -2.86. The van der Waals surface area contributed by atoms with Crippen LogP contribution >= 0.6 is 15.9 Å². The lowest BCUT2D eigenvalue weighted by Crippen LogP contribution is -2.24. The molecule has 0 saturated carbocycles. The van der Waals surface area contributed by atoms with Gasteiger partial charge in [-0.3, -0.25) is 0 Å². The zero-order valence-electron chi connectivity index (χ0n) is 17.4. The molecule has 3 aromatic rings. The van der Waals surface area contributed by atoms with Gasteiger partial charge in [0.1, 0.15) is 18.2 Å². The lowest BCUT2D eigenvalue weighted by molar-refractivity contribution is 0.0600. The van der Waals surface area contributed by atoms with Crippen LogP contribution in [0, 0.1) is 6.92 Å². The predicted octanol–water partition coefficient (Wildman–Crippen LogP) is 5.54. The first-order valence-corrected chi connectivity index (χ1v) is 10.6. The number of esters is 1. The third-order valence-electron chi connectivity index (χ3n) is 4.77. The van der Waals surface area contributed by atoms with Crippen molar-refractivity contribution in [1.82, 2.24) is 4.98 Å². The highest BCUT2D eigenvalue weighted by molar-refractivity contribution is 9.10. The van der Waals surface area contributed by atoms with Crippen LogP contribution in [0.1, 0.15) is 34.0 Å². The van der Waals surface area contributed by atoms with Gasteiger partial charge in [0.15, 0.2) is 0 Å². The summed E-state index contributed by atoms with van der Waals surface area (Å²) in [5.74, 6) is 1.28. The SMILES string of the molecule is CCN(Cc1cc(Br)ccc1OCc1ccccc1)c1ncc(C(=O)OC)cc1C. The molecule has 3 rings (SSSR count). The Labute approximate surface area is 185 Å². The Morgan fingerprint density at radius 2 is 1.90 bits per heavy atom. The summed E-state index contributed by atoms with van der Waals surface area (Å²) < 4.78 is 11.9. The van der Waals surface area contributed by atoms with Crippen molar-refractivity contribution >= 4 is 27.7 Å². The summed E-state index contributed by atoms with van der Waals surface area (Å²) in [5, 5.41) is 0. The van der Waals surface area contributed by atoms with E-state index in [1.807, 2.05) is 55.5 Å². The third kappa shape index (κ3) is 5.39. The molecule has 6 heteroatoms. The van der Waals surface area contributed by atoms with Crippen LogP contribution in [0.4, 0.5) is 5.82 Å². The second-order valence-electron chi connectivity index (χ2n) is 6.90. The zero-order valence-corrected chi connectivity index (χ0v) is 19.0. The number of nitrogens with zero attached hydrogens (tertiary/aromatic N) is 2. The number of benzene rings is 2. The van der Waals surface area contributed by atoms with Crippen LogP contribution in [0.15, 0.2) is 65.3 Å². The summed E-state index contributed by atoms with van der Waals surface area (Å²) in [5.41, 5.74) is 3.54. The number of pyridine rings is 1. The maximum absolute atomic E-state index is 11.8. The molecule has 0 unspecified atom stereocenters. The number of hydrogen-bond acceptors (Lipinski definition) is 5. The number of aromatic nitrogens is 1. The van der Waals surface area contributed by atoms with Gasteiger partial charge in [-0.05, 0) is 49.2 Å². The molecule has 5 nitrogen and oxygen atoms in total. The molecule has 0 saturated heterocycles. The van der Waals surface area contributed by atoms with Crippen LogP contribution < -0.4 is 9.64 Å². The number of methoxy groups -OCH3 is 1. The predicted molar refractivity (Wildman–Crippen MR) is 122 cm³/mol. The van der Waals surface area contributed by atoms with E-state index in [0.717, 1.165) is 39.3 Å². The van der Waals surface area contributed by atoms with Crippen LogP contribution in [-0.4, -0.2) is 24.6 Å². The summed E-state index contributed by atoms with van der Waals surface area (Å²) >= 11 is 3.57. The molecule has 0 atom stereocenters. The topological polar surface area (TPSA) is 51.7 Å². The Morgan fingerprint density at radius 1 is 1.13 bits per heavy atom. The van der Waals surface area contributed by atoms with E-state index in [0.29, 0.717) is 18.7 Å². The summed E-state index contributed by atoms with van der Waals surface area (Å²) in [6.45, 7) is 5.93. The molecule has 30 heavy (non-hydrogen) atoms. The first-order chi connectivity index (χ1) is 14.5. The minimum Gasteiger partial charge on any atom is -0.489 e. The van der Waals surface area contributed by atoms with Crippen molar-refractivity contribution in [2.24, 2.45) is 0 Å². The Bertz CT molecular complexity index is 1010. The highest BCUT2D eigenvalue weighted by Gasteiger charge is 2.16. The van der Waals surface area contributed by atoms with Crippen molar-refractivity contribution in [3.05, 3.63) is 87.5 Å². The van der Waals surface area contributed by atoms with E-state index in [9.17, 15) is 4.79 Å². The van der Waals surface area contributed by atoms with E-state index in [1.165, 1.54) is 7.11 Å². The minimum atomic E-state index is -0.385. The summed E-state index contributed by atoms with van der Waals surface area (Å²) in [4.78, 5) is 18.5. The molecule has 2 aromatic carbocycles. The van der Waals surface area contributed by atoms with Gasteiger partial charge in [-0.25, -0.2) is 9.78 Å². The summed E-state index contributed by atoms with van der Waals surface area (Å²) in [6.07, 6.45) is 1.56. The maximum Gasteiger partial charge on any atom is 0.339 e. The molecule has 0 aliphatic rings. The first-order valence-electron chi connectivity index (χ1n) is 9.77. The number of anilines is 1.